The second kappa shape index (κ2) is 6.57. The number of H-pyrrole nitrogens is 1. The lowest BCUT2D eigenvalue weighted by Crippen LogP contribution is -2.13. The molecule has 136 valence electrons. The molecule has 4 rings (SSSR count). The van der Waals surface area contributed by atoms with Gasteiger partial charge in [0.15, 0.2) is 5.13 Å². The van der Waals surface area contributed by atoms with Gasteiger partial charge in [0.05, 0.1) is 12.2 Å². The monoisotopic (exact) mass is 400 g/mol. The topological polar surface area (TPSA) is 114 Å². The zero-order valence-electron chi connectivity index (χ0n) is 13.8. The van der Waals surface area contributed by atoms with Gasteiger partial charge < -0.3 is 20.4 Å². The van der Waals surface area contributed by atoms with Crippen molar-refractivity contribution in [2.24, 2.45) is 0 Å². The maximum Gasteiger partial charge on any atom is 0.353 e. The number of nitrogens with two attached hydrogens (primary N) is 1. The van der Waals surface area contributed by atoms with E-state index in [2.05, 4.69) is 9.97 Å². The zero-order chi connectivity index (χ0) is 19.1. The van der Waals surface area contributed by atoms with Crippen LogP contribution in [0.4, 0.5) is 5.13 Å². The van der Waals surface area contributed by atoms with Crippen LogP contribution in [0.3, 0.4) is 0 Å². The molecule has 4 aromatic rings. The van der Waals surface area contributed by atoms with E-state index < -0.39 is 5.97 Å². The number of pyridine rings is 1. The number of carboxylic acids is 1. The summed E-state index contributed by atoms with van der Waals surface area (Å²) in [4.78, 5) is 31.4. The van der Waals surface area contributed by atoms with E-state index in [4.69, 9.17) is 17.3 Å². The third-order valence-electron chi connectivity index (χ3n) is 4.21. The number of hydrogen-bond acceptors (Lipinski definition) is 5. The second-order valence-corrected chi connectivity index (χ2v) is 7.19. The van der Waals surface area contributed by atoms with Gasteiger partial charge in [-0.15, -0.1) is 11.3 Å². The molecule has 0 aliphatic rings. The molecular formula is C18H13ClN4O3S. The Hall–Kier alpha value is -3.10. The molecule has 0 radical (unpaired) electrons. The summed E-state index contributed by atoms with van der Waals surface area (Å²) in [5.41, 5.74) is 7.18. The van der Waals surface area contributed by atoms with Crippen molar-refractivity contribution >= 4 is 44.9 Å². The molecule has 1 aromatic carbocycles. The van der Waals surface area contributed by atoms with Crippen molar-refractivity contribution in [2.75, 3.05) is 5.73 Å². The number of rotatable bonds is 4. The molecule has 3 heterocycles. The minimum atomic E-state index is -1.15. The smallest absolute Gasteiger partial charge is 0.353 e. The van der Waals surface area contributed by atoms with Crippen molar-refractivity contribution in [3.8, 4) is 11.1 Å². The van der Waals surface area contributed by atoms with Crippen LogP contribution >= 0.6 is 22.9 Å². The second-order valence-electron chi connectivity index (χ2n) is 5.87. The van der Waals surface area contributed by atoms with E-state index in [9.17, 15) is 14.7 Å². The van der Waals surface area contributed by atoms with Gasteiger partial charge >= 0.3 is 5.97 Å². The normalized spacial score (nSPS) is 11.1. The van der Waals surface area contributed by atoms with Crippen LogP contribution in [0.25, 0.3) is 22.0 Å². The molecule has 0 amide bonds. The molecule has 9 heteroatoms. The summed E-state index contributed by atoms with van der Waals surface area (Å²) in [5, 5.41) is 13.2. The van der Waals surface area contributed by atoms with Gasteiger partial charge in [0.2, 0.25) is 0 Å². The maximum atomic E-state index is 12.4. The summed E-state index contributed by atoms with van der Waals surface area (Å²) in [6.07, 6.45) is 1.50. The van der Waals surface area contributed by atoms with Crippen LogP contribution in [0, 0.1) is 0 Å². The molecule has 0 spiro atoms. The Morgan fingerprint density at radius 1 is 1.37 bits per heavy atom. The van der Waals surface area contributed by atoms with Crippen LogP contribution in [0.2, 0.25) is 5.02 Å². The van der Waals surface area contributed by atoms with Gasteiger partial charge in [0.1, 0.15) is 5.69 Å². The number of carboxylic acid groups (broad SMARTS) is 1. The first-order chi connectivity index (χ1) is 13.0. The average Bonchev–Trinajstić information content (AvgIpc) is 3.17. The van der Waals surface area contributed by atoms with E-state index >= 15 is 0 Å². The number of aromatic carboxylic acids is 1. The molecule has 0 fully saturated rings. The summed E-state index contributed by atoms with van der Waals surface area (Å²) < 4.78 is 1.62. The summed E-state index contributed by atoms with van der Waals surface area (Å²) in [6, 6.07) is 8.32. The predicted molar refractivity (Wildman–Crippen MR) is 106 cm³/mol. The van der Waals surface area contributed by atoms with Gasteiger partial charge in [0.25, 0.3) is 5.56 Å². The highest BCUT2D eigenvalue weighted by Gasteiger charge is 2.25. The molecule has 0 saturated carbocycles. The third-order valence-corrected chi connectivity index (χ3v) is 5.16. The number of benzene rings is 1. The number of nitrogen functional groups attached to an aromatic ring is 1. The van der Waals surface area contributed by atoms with E-state index in [0.29, 0.717) is 32.3 Å². The van der Waals surface area contributed by atoms with Gasteiger partial charge in [-0.3, -0.25) is 4.79 Å². The van der Waals surface area contributed by atoms with Gasteiger partial charge in [0, 0.05) is 38.6 Å². The number of hydrogen-bond donors (Lipinski definition) is 3. The Morgan fingerprint density at radius 2 is 2.19 bits per heavy atom. The van der Waals surface area contributed by atoms with Gasteiger partial charge in [-0.25, -0.2) is 9.78 Å². The fraction of sp³-hybridized carbons (Fsp3) is 0.0556. The predicted octanol–water partition coefficient (Wildman–Crippen LogP) is 3.44. The molecule has 0 aliphatic heterocycles. The standard InChI is InChI=1S/C18H13ClN4O3S/c19-9-3-4-13-12(6-9)14(11-2-1-5-21-16(11)24)15(17(25)26)23(13)7-10-8-27-18(20)22-10/h1-6,8H,7H2,(H2,20,22)(H,21,24)(H,25,26). The lowest BCUT2D eigenvalue weighted by molar-refractivity contribution is 0.0687. The van der Waals surface area contributed by atoms with E-state index in [0.717, 1.165) is 0 Å². The average molecular weight is 401 g/mol. The Morgan fingerprint density at radius 3 is 2.85 bits per heavy atom. The van der Waals surface area contributed by atoms with E-state index in [1.54, 1.807) is 40.3 Å². The number of anilines is 1. The Labute approximate surface area is 161 Å². The highest BCUT2D eigenvalue weighted by molar-refractivity contribution is 7.13. The summed E-state index contributed by atoms with van der Waals surface area (Å²) >= 11 is 7.43. The fourth-order valence-electron chi connectivity index (χ4n) is 3.16. The number of nitrogens with zero attached hydrogens (tertiary/aromatic N) is 2. The maximum absolute atomic E-state index is 12.4. The molecule has 3 aromatic heterocycles. The molecular weight excluding hydrogens is 388 g/mol. The van der Waals surface area contributed by atoms with E-state index in [1.807, 2.05) is 0 Å². The first-order valence-corrected chi connectivity index (χ1v) is 9.14. The summed E-state index contributed by atoms with van der Waals surface area (Å²) in [6.45, 7) is 0.207. The highest BCUT2D eigenvalue weighted by atomic mass is 35.5. The van der Waals surface area contributed by atoms with Crippen molar-refractivity contribution in [3.05, 3.63) is 68.7 Å². The van der Waals surface area contributed by atoms with Gasteiger partial charge in [-0.05, 0) is 30.3 Å². The minimum Gasteiger partial charge on any atom is -0.477 e. The first-order valence-electron chi connectivity index (χ1n) is 7.88. The van der Waals surface area contributed by atoms with E-state index in [1.165, 1.54) is 17.5 Å². The molecule has 0 aliphatic carbocycles. The quantitative estimate of drug-likeness (QED) is 0.485. The number of fused-ring (bicyclic) bond motifs is 1. The number of aromatic amines is 1. The van der Waals surface area contributed by atoms with Crippen LogP contribution in [-0.2, 0) is 6.54 Å². The fourth-order valence-corrected chi connectivity index (χ4v) is 3.89. The van der Waals surface area contributed by atoms with Crippen LogP contribution in [0.5, 0.6) is 0 Å². The third kappa shape index (κ3) is 2.98. The van der Waals surface area contributed by atoms with Gasteiger partial charge in [-0.2, -0.15) is 0 Å². The Balaban J connectivity index is 2.08. The van der Waals surface area contributed by atoms with Gasteiger partial charge in [-0.1, -0.05) is 11.6 Å². The summed E-state index contributed by atoms with van der Waals surface area (Å²) in [7, 11) is 0. The molecule has 27 heavy (non-hydrogen) atoms. The Kier molecular flexibility index (Phi) is 4.21. The number of thiazole rings is 1. The van der Waals surface area contributed by atoms with Crippen molar-refractivity contribution in [3.63, 3.8) is 0 Å². The molecule has 0 unspecified atom stereocenters. The van der Waals surface area contributed by atoms with Crippen LogP contribution in [0.1, 0.15) is 16.2 Å². The number of aromatic nitrogens is 3. The van der Waals surface area contributed by atoms with E-state index in [-0.39, 0.29) is 23.4 Å². The molecule has 0 bridgehead atoms. The minimum absolute atomic E-state index is 0.00413. The number of nitrogens with one attached hydrogen (secondary N) is 1. The number of halogens is 1. The number of carbonyl (C=O) groups is 1. The SMILES string of the molecule is Nc1nc(Cn2c(C(=O)O)c(-c3ccc[nH]c3=O)c3cc(Cl)ccc32)cs1. The van der Waals surface area contributed by atoms with Crippen LogP contribution in [0.15, 0.2) is 46.7 Å². The highest BCUT2D eigenvalue weighted by Crippen LogP contribution is 2.35. The zero-order valence-corrected chi connectivity index (χ0v) is 15.3. The van der Waals surface area contributed by atoms with Crippen LogP contribution in [-0.4, -0.2) is 25.6 Å². The molecule has 0 atom stereocenters. The van der Waals surface area contributed by atoms with Crippen molar-refractivity contribution in [2.45, 2.75) is 6.54 Å². The van der Waals surface area contributed by atoms with Crippen molar-refractivity contribution in [1.29, 1.82) is 0 Å². The molecule has 4 N–H and O–H groups in total. The molecule has 0 saturated heterocycles. The van der Waals surface area contributed by atoms with Crippen LogP contribution < -0.4 is 11.3 Å². The largest absolute Gasteiger partial charge is 0.477 e. The molecule has 7 nitrogen and oxygen atoms in total. The first kappa shape index (κ1) is 17.3. The van der Waals surface area contributed by atoms with Crippen molar-refractivity contribution < 1.29 is 9.90 Å². The lowest BCUT2D eigenvalue weighted by atomic mass is 10.0. The Bertz CT molecular complexity index is 1240. The lowest BCUT2D eigenvalue weighted by Gasteiger charge is -2.07. The summed E-state index contributed by atoms with van der Waals surface area (Å²) in [5.74, 6) is -1.15. The van der Waals surface area contributed by atoms with Crippen molar-refractivity contribution in [1.82, 2.24) is 14.5 Å².